The van der Waals surface area contributed by atoms with Gasteiger partial charge in [0.05, 0.1) is 6.26 Å². The molecule has 0 aromatic heterocycles. The summed E-state index contributed by atoms with van der Waals surface area (Å²) in [6.07, 6.45) is 1.17. The van der Waals surface area contributed by atoms with Gasteiger partial charge in [0.1, 0.15) is 0 Å². The molecule has 0 unspecified atom stereocenters. The maximum absolute atomic E-state index is 11.0. The van der Waals surface area contributed by atoms with Crippen LogP contribution in [0.15, 0.2) is 24.3 Å². The van der Waals surface area contributed by atoms with Crippen LogP contribution in [0.5, 0.6) is 0 Å². The molecule has 14 heavy (non-hydrogen) atoms. The summed E-state index contributed by atoms with van der Waals surface area (Å²) in [5.41, 5.74) is 2.11. The van der Waals surface area contributed by atoms with Crippen molar-refractivity contribution in [3.63, 3.8) is 0 Å². The second-order valence-electron chi connectivity index (χ2n) is 3.53. The highest BCUT2D eigenvalue weighted by Crippen LogP contribution is 2.14. The molecule has 1 N–H and O–H groups in total. The van der Waals surface area contributed by atoms with Crippen molar-refractivity contribution in [1.82, 2.24) is 4.72 Å². The number of hydrogen-bond acceptors (Lipinski definition) is 2. The van der Waals surface area contributed by atoms with Crippen LogP contribution >= 0.6 is 0 Å². The van der Waals surface area contributed by atoms with Crippen LogP contribution in [-0.2, 0) is 10.0 Å². The van der Waals surface area contributed by atoms with Crippen molar-refractivity contribution in [3.8, 4) is 0 Å². The summed E-state index contributed by atoms with van der Waals surface area (Å²) in [5.74, 6) is 0. The van der Waals surface area contributed by atoms with E-state index < -0.39 is 10.0 Å². The molecule has 0 aliphatic carbocycles. The lowest BCUT2D eigenvalue weighted by atomic mass is 10.1. The third kappa shape index (κ3) is 3.47. The van der Waals surface area contributed by atoms with E-state index in [0.29, 0.717) is 0 Å². The Kier molecular flexibility index (Phi) is 3.29. The predicted octanol–water partition coefficient (Wildman–Crippen LogP) is 1.61. The zero-order chi connectivity index (χ0) is 10.8. The van der Waals surface area contributed by atoms with E-state index in [1.54, 1.807) is 0 Å². The van der Waals surface area contributed by atoms with Crippen LogP contribution in [0.4, 0.5) is 0 Å². The molecule has 1 atom stereocenters. The average Bonchev–Trinajstić information content (AvgIpc) is 2.01. The fourth-order valence-electron chi connectivity index (χ4n) is 1.33. The minimum Gasteiger partial charge on any atom is -0.213 e. The van der Waals surface area contributed by atoms with Gasteiger partial charge in [-0.15, -0.1) is 0 Å². The lowest BCUT2D eigenvalue weighted by molar-refractivity contribution is 0.573. The number of rotatable bonds is 3. The Morgan fingerprint density at radius 3 is 2.50 bits per heavy atom. The first-order valence-corrected chi connectivity index (χ1v) is 6.31. The molecule has 0 radical (unpaired) electrons. The zero-order valence-corrected chi connectivity index (χ0v) is 9.43. The Bertz CT molecular complexity index is 412. The van der Waals surface area contributed by atoms with Crippen molar-refractivity contribution in [1.29, 1.82) is 0 Å². The van der Waals surface area contributed by atoms with Crippen molar-refractivity contribution < 1.29 is 8.42 Å². The summed E-state index contributed by atoms with van der Waals surface area (Å²) in [7, 11) is -3.13. The quantitative estimate of drug-likeness (QED) is 0.829. The number of nitrogens with one attached hydrogen (secondary N) is 1. The third-order valence-electron chi connectivity index (χ3n) is 1.93. The van der Waals surface area contributed by atoms with E-state index in [0.717, 1.165) is 11.1 Å². The Morgan fingerprint density at radius 1 is 1.36 bits per heavy atom. The van der Waals surface area contributed by atoms with Crippen molar-refractivity contribution in [2.24, 2.45) is 0 Å². The van der Waals surface area contributed by atoms with E-state index in [4.69, 9.17) is 0 Å². The summed E-state index contributed by atoms with van der Waals surface area (Å²) in [4.78, 5) is 0. The Hall–Kier alpha value is -0.870. The van der Waals surface area contributed by atoms with Crippen LogP contribution in [0.25, 0.3) is 0 Å². The maximum atomic E-state index is 11.0. The van der Waals surface area contributed by atoms with E-state index in [1.165, 1.54) is 6.26 Å². The first kappa shape index (κ1) is 11.2. The van der Waals surface area contributed by atoms with Crippen LogP contribution < -0.4 is 4.72 Å². The van der Waals surface area contributed by atoms with Gasteiger partial charge in [0.25, 0.3) is 0 Å². The zero-order valence-electron chi connectivity index (χ0n) is 8.61. The molecule has 0 fully saturated rings. The Morgan fingerprint density at radius 2 is 2.00 bits per heavy atom. The highest BCUT2D eigenvalue weighted by Gasteiger charge is 2.10. The second kappa shape index (κ2) is 4.11. The maximum Gasteiger partial charge on any atom is 0.209 e. The molecule has 3 nitrogen and oxygen atoms in total. The van der Waals surface area contributed by atoms with Crippen LogP contribution in [-0.4, -0.2) is 14.7 Å². The largest absolute Gasteiger partial charge is 0.213 e. The summed E-state index contributed by atoms with van der Waals surface area (Å²) < 4.78 is 24.5. The topological polar surface area (TPSA) is 46.2 Å². The summed E-state index contributed by atoms with van der Waals surface area (Å²) in [6, 6.07) is 7.62. The van der Waals surface area contributed by atoms with Gasteiger partial charge < -0.3 is 0 Å². The third-order valence-corrected chi connectivity index (χ3v) is 2.71. The van der Waals surface area contributed by atoms with Crippen molar-refractivity contribution in [3.05, 3.63) is 35.4 Å². The first-order chi connectivity index (χ1) is 6.38. The number of aryl methyl sites for hydroxylation is 1. The molecule has 0 saturated carbocycles. The number of hydrogen-bond donors (Lipinski definition) is 1. The van der Waals surface area contributed by atoms with Gasteiger partial charge in [-0.1, -0.05) is 29.8 Å². The highest BCUT2D eigenvalue weighted by molar-refractivity contribution is 7.88. The molecular formula is C10H15NO2S. The summed E-state index contributed by atoms with van der Waals surface area (Å²) in [5, 5.41) is 0. The number of sulfonamides is 1. The molecule has 1 rings (SSSR count). The average molecular weight is 213 g/mol. The van der Waals surface area contributed by atoms with E-state index in [-0.39, 0.29) is 6.04 Å². The highest BCUT2D eigenvalue weighted by atomic mass is 32.2. The van der Waals surface area contributed by atoms with Gasteiger partial charge >= 0.3 is 0 Å². The molecule has 0 saturated heterocycles. The normalized spacial score (nSPS) is 13.9. The van der Waals surface area contributed by atoms with Gasteiger partial charge in [0.15, 0.2) is 0 Å². The molecule has 0 aliphatic rings. The predicted molar refractivity (Wildman–Crippen MR) is 57.6 cm³/mol. The van der Waals surface area contributed by atoms with E-state index in [2.05, 4.69) is 4.72 Å². The first-order valence-electron chi connectivity index (χ1n) is 4.42. The molecule has 0 bridgehead atoms. The molecular weight excluding hydrogens is 198 g/mol. The molecule has 0 heterocycles. The van der Waals surface area contributed by atoms with Crippen molar-refractivity contribution in [2.45, 2.75) is 19.9 Å². The lowest BCUT2D eigenvalue weighted by Crippen LogP contribution is -2.25. The van der Waals surface area contributed by atoms with Crippen molar-refractivity contribution >= 4 is 10.0 Å². The Balaban J connectivity index is 2.85. The van der Waals surface area contributed by atoms with Crippen molar-refractivity contribution in [2.75, 3.05) is 6.26 Å². The van der Waals surface area contributed by atoms with Gasteiger partial charge in [0, 0.05) is 6.04 Å². The van der Waals surface area contributed by atoms with Crippen LogP contribution in [0.1, 0.15) is 24.1 Å². The number of benzene rings is 1. The smallest absolute Gasteiger partial charge is 0.209 e. The SMILES string of the molecule is Cc1cccc([C@@H](C)NS(C)(=O)=O)c1. The van der Waals surface area contributed by atoms with Gasteiger partial charge in [0.2, 0.25) is 10.0 Å². The minimum absolute atomic E-state index is 0.176. The lowest BCUT2D eigenvalue weighted by Gasteiger charge is -2.12. The van der Waals surface area contributed by atoms with E-state index >= 15 is 0 Å². The molecule has 0 spiro atoms. The molecule has 0 amide bonds. The fraction of sp³-hybridized carbons (Fsp3) is 0.400. The molecule has 0 aliphatic heterocycles. The molecule has 1 aromatic carbocycles. The second-order valence-corrected chi connectivity index (χ2v) is 5.31. The van der Waals surface area contributed by atoms with E-state index in [1.807, 2.05) is 38.1 Å². The standard InChI is InChI=1S/C10H15NO2S/c1-8-5-4-6-10(7-8)9(2)11-14(3,12)13/h4-7,9,11H,1-3H3/t9-/m1/s1. The molecule has 78 valence electrons. The molecule has 4 heteroatoms. The minimum atomic E-state index is -3.13. The van der Waals surface area contributed by atoms with Crippen LogP contribution in [0.2, 0.25) is 0 Å². The van der Waals surface area contributed by atoms with Gasteiger partial charge in [-0.2, -0.15) is 0 Å². The monoisotopic (exact) mass is 213 g/mol. The van der Waals surface area contributed by atoms with E-state index in [9.17, 15) is 8.42 Å². The van der Waals surface area contributed by atoms with Gasteiger partial charge in [-0.3, -0.25) is 0 Å². The van der Waals surface area contributed by atoms with Crippen LogP contribution in [0, 0.1) is 6.92 Å². The van der Waals surface area contributed by atoms with Gasteiger partial charge in [-0.25, -0.2) is 13.1 Å². The fourth-order valence-corrected chi connectivity index (χ4v) is 2.11. The summed E-state index contributed by atoms with van der Waals surface area (Å²) >= 11 is 0. The van der Waals surface area contributed by atoms with Crippen LogP contribution in [0.3, 0.4) is 0 Å². The van der Waals surface area contributed by atoms with Gasteiger partial charge in [-0.05, 0) is 19.4 Å². The Labute approximate surface area is 85.2 Å². The summed E-state index contributed by atoms with van der Waals surface area (Å²) in [6.45, 7) is 3.81. The molecule has 1 aromatic rings.